The van der Waals surface area contributed by atoms with E-state index < -0.39 is 5.97 Å². The number of ether oxygens (including phenoxy) is 1. The lowest BCUT2D eigenvalue weighted by Gasteiger charge is -2.15. The molecule has 0 radical (unpaired) electrons. The second kappa shape index (κ2) is 9.83. The molecule has 0 bridgehead atoms. The Morgan fingerprint density at radius 3 is 2.64 bits per heavy atom. The number of hydrogen-bond donors (Lipinski definition) is 2. The zero-order valence-electron chi connectivity index (χ0n) is 19.4. The predicted molar refractivity (Wildman–Crippen MR) is 140 cm³/mol. The van der Waals surface area contributed by atoms with Crippen molar-refractivity contribution in [2.75, 3.05) is 18.6 Å². The van der Waals surface area contributed by atoms with E-state index in [1.165, 1.54) is 42.3 Å². The summed E-state index contributed by atoms with van der Waals surface area (Å²) < 4.78 is 7.23. The zero-order valence-corrected chi connectivity index (χ0v) is 21.0. The van der Waals surface area contributed by atoms with Gasteiger partial charge in [0, 0.05) is 16.8 Å². The van der Waals surface area contributed by atoms with Crippen molar-refractivity contribution in [2.45, 2.75) is 30.3 Å². The number of Topliss-reactive ketones (excluding diaryl/α,β-unsaturated/α-hetero) is 1. The Hall–Kier alpha value is -3.56. The lowest BCUT2D eigenvalue weighted by atomic mass is 9.99. The van der Waals surface area contributed by atoms with Crippen LogP contribution < -0.4 is 10.5 Å². The number of hydrogen-bond acceptors (Lipinski definition) is 7. The third-order valence-corrected chi connectivity index (χ3v) is 7.54. The van der Waals surface area contributed by atoms with Crippen molar-refractivity contribution in [3.05, 3.63) is 70.2 Å². The van der Waals surface area contributed by atoms with Crippen molar-refractivity contribution >= 4 is 51.8 Å². The normalized spacial score (nSPS) is 13.2. The summed E-state index contributed by atoms with van der Waals surface area (Å²) in [5, 5.41) is 20.2. The number of halogens is 1. The van der Waals surface area contributed by atoms with E-state index >= 15 is 0 Å². The van der Waals surface area contributed by atoms with Crippen molar-refractivity contribution in [2.24, 2.45) is 0 Å². The van der Waals surface area contributed by atoms with Gasteiger partial charge in [-0.1, -0.05) is 41.6 Å². The summed E-state index contributed by atoms with van der Waals surface area (Å²) in [6.07, 6.45) is 2.44. The van der Waals surface area contributed by atoms with E-state index in [0.717, 1.165) is 22.2 Å². The first kappa shape index (κ1) is 24.1. The number of fused-ring (bicyclic) bond motifs is 1. The van der Waals surface area contributed by atoms with E-state index in [-0.39, 0.29) is 34.5 Å². The Morgan fingerprint density at radius 2 is 1.94 bits per heavy atom. The maximum absolute atomic E-state index is 12.7. The molecule has 184 valence electrons. The highest BCUT2D eigenvalue weighted by Crippen LogP contribution is 2.45. The smallest absolute Gasteiger partial charge is 0.335 e. The number of carbonyl (C=O) groups is 2. The fourth-order valence-electron chi connectivity index (χ4n) is 4.24. The van der Waals surface area contributed by atoms with Crippen LogP contribution in [0, 0.1) is 0 Å². The Labute approximate surface area is 216 Å². The molecule has 0 aliphatic heterocycles. The second-order valence-electron chi connectivity index (χ2n) is 8.65. The third-order valence-electron chi connectivity index (χ3n) is 6.20. The monoisotopic (exact) mass is 522 g/mol. The van der Waals surface area contributed by atoms with Crippen LogP contribution in [0.1, 0.15) is 40.2 Å². The van der Waals surface area contributed by atoms with Crippen molar-refractivity contribution in [1.29, 1.82) is 0 Å². The van der Waals surface area contributed by atoms with E-state index in [2.05, 4.69) is 22.3 Å². The Bertz CT molecular complexity index is 1500. The van der Waals surface area contributed by atoms with Gasteiger partial charge in [0.1, 0.15) is 11.5 Å². The fraction of sp³-hybridized carbons (Fsp3) is 0.231. The van der Waals surface area contributed by atoms with Gasteiger partial charge in [-0.2, -0.15) is 0 Å². The number of carboxylic acid groups (broad SMARTS) is 1. The summed E-state index contributed by atoms with van der Waals surface area (Å²) in [4.78, 5) is 23.8. The molecule has 3 N–H and O–H groups in total. The number of thioether (sulfide) groups is 1. The minimum absolute atomic E-state index is 0.0747. The van der Waals surface area contributed by atoms with Gasteiger partial charge >= 0.3 is 5.97 Å². The first-order chi connectivity index (χ1) is 17.4. The number of nitrogen functional groups attached to an aromatic ring is 1. The summed E-state index contributed by atoms with van der Waals surface area (Å²) in [6, 6.07) is 14.5. The minimum Gasteiger partial charge on any atom is -0.497 e. The van der Waals surface area contributed by atoms with Gasteiger partial charge in [-0.05, 0) is 65.6 Å². The first-order valence-electron chi connectivity index (χ1n) is 11.3. The van der Waals surface area contributed by atoms with Gasteiger partial charge in [0.15, 0.2) is 5.16 Å². The molecule has 0 unspecified atom stereocenters. The molecule has 1 aromatic heterocycles. The molecule has 1 aliphatic carbocycles. The molecule has 1 heterocycles. The summed E-state index contributed by atoms with van der Waals surface area (Å²) in [7, 11) is 1.63. The number of methoxy groups -OCH3 is 1. The Balaban J connectivity index is 1.41. The number of aromatic carboxylic acids is 1. The minimum atomic E-state index is -1.07. The molecule has 0 saturated heterocycles. The van der Waals surface area contributed by atoms with Crippen LogP contribution in [0.2, 0.25) is 5.02 Å². The highest BCUT2D eigenvalue weighted by atomic mass is 35.5. The predicted octanol–water partition coefficient (Wildman–Crippen LogP) is 5.14. The van der Waals surface area contributed by atoms with E-state index in [1.54, 1.807) is 17.7 Å². The molecule has 10 heteroatoms. The molecule has 8 nitrogen and oxygen atoms in total. The topological polar surface area (TPSA) is 120 Å². The van der Waals surface area contributed by atoms with Gasteiger partial charge in [-0.15, -0.1) is 10.2 Å². The standard InChI is InChI=1S/C26H23ClN4O4S/c1-35-18-6-7-20-19(14-2-3-14)8-9-23(21(20)12-18)31-25(28)29-30-26(31)36-13-17(32)10-15-4-5-16(24(33)34)11-22(15)27/h4-9,11-12,14H,2-3,10,13H2,1H3,(H2,28,29)(H,33,34). The number of carboxylic acids is 1. The second-order valence-corrected chi connectivity index (χ2v) is 10.0. The number of benzene rings is 3. The van der Waals surface area contributed by atoms with Crippen LogP contribution >= 0.6 is 23.4 Å². The van der Waals surface area contributed by atoms with Crippen molar-refractivity contribution in [3.8, 4) is 11.4 Å². The van der Waals surface area contributed by atoms with Crippen molar-refractivity contribution < 1.29 is 19.4 Å². The molecule has 1 fully saturated rings. The largest absolute Gasteiger partial charge is 0.497 e. The van der Waals surface area contributed by atoms with Crippen molar-refractivity contribution in [3.63, 3.8) is 0 Å². The lowest BCUT2D eigenvalue weighted by Crippen LogP contribution is -2.09. The Morgan fingerprint density at radius 1 is 1.14 bits per heavy atom. The maximum Gasteiger partial charge on any atom is 0.335 e. The number of anilines is 1. The van der Waals surface area contributed by atoms with Crippen LogP contribution in [0.4, 0.5) is 5.95 Å². The summed E-state index contributed by atoms with van der Waals surface area (Å²) in [6.45, 7) is 0. The van der Waals surface area contributed by atoms with Crippen LogP contribution in [0.3, 0.4) is 0 Å². The SMILES string of the molecule is COc1ccc2c(C3CC3)ccc(-n3c(N)nnc3SCC(=O)Cc3ccc(C(=O)O)cc3Cl)c2c1. The van der Waals surface area contributed by atoms with Gasteiger partial charge in [0.2, 0.25) is 5.95 Å². The zero-order chi connectivity index (χ0) is 25.4. The molecule has 4 aromatic rings. The van der Waals surface area contributed by atoms with Gasteiger partial charge in [0.25, 0.3) is 0 Å². The highest BCUT2D eigenvalue weighted by Gasteiger charge is 2.27. The van der Waals surface area contributed by atoms with Crippen molar-refractivity contribution in [1.82, 2.24) is 14.8 Å². The molecule has 0 spiro atoms. The van der Waals surface area contributed by atoms with Gasteiger partial charge in [-0.3, -0.25) is 9.36 Å². The summed E-state index contributed by atoms with van der Waals surface area (Å²) in [5.74, 6) is 0.484. The highest BCUT2D eigenvalue weighted by molar-refractivity contribution is 7.99. The molecular weight excluding hydrogens is 500 g/mol. The molecule has 3 aromatic carbocycles. The average Bonchev–Trinajstić information content (AvgIpc) is 3.65. The first-order valence-corrected chi connectivity index (χ1v) is 12.7. The number of carbonyl (C=O) groups excluding carboxylic acids is 1. The molecule has 5 rings (SSSR count). The number of nitrogens with zero attached hydrogens (tertiary/aromatic N) is 3. The third kappa shape index (κ3) is 4.76. The van der Waals surface area contributed by atoms with Gasteiger partial charge in [-0.25, -0.2) is 4.79 Å². The number of ketones is 1. The van der Waals surface area contributed by atoms with E-state index in [9.17, 15) is 9.59 Å². The van der Waals surface area contributed by atoms with Crippen LogP contribution in [-0.4, -0.2) is 44.5 Å². The van der Waals surface area contributed by atoms with E-state index in [1.807, 2.05) is 18.2 Å². The summed E-state index contributed by atoms with van der Waals surface area (Å²) in [5.41, 5.74) is 9.00. The van der Waals surface area contributed by atoms with Gasteiger partial charge in [0.05, 0.1) is 24.1 Å². The molecule has 36 heavy (non-hydrogen) atoms. The molecular formula is C26H23ClN4O4S. The molecule has 0 amide bonds. The molecule has 0 atom stereocenters. The van der Waals surface area contributed by atoms with Gasteiger partial charge < -0.3 is 15.6 Å². The summed E-state index contributed by atoms with van der Waals surface area (Å²) >= 11 is 7.42. The lowest BCUT2D eigenvalue weighted by molar-refractivity contribution is -0.116. The Kier molecular flexibility index (Phi) is 6.59. The van der Waals surface area contributed by atoms with E-state index in [0.29, 0.717) is 16.6 Å². The number of nitrogens with two attached hydrogens (primary N) is 1. The number of aromatic nitrogens is 3. The quantitative estimate of drug-likeness (QED) is 0.290. The average molecular weight is 523 g/mol. The number of rotatable bonds is 9. The van der Waals surface area contributed by atoms with Crippen LogP contribution in [0.5, 0.6) is 5.75 Å². The fourth-order valence-corrected chi connectivity index (χ4v) is 5.30. The van der Waals surface area contributed by atoms with Crippen LogP contribution in [-0.2, 0) is 11.2 Å². The van der Waals surface area contributed by atoms with E-state index in [4.69, 9.17) is 27.2 Å². The maximum atomic E-state index is 12.7. The molecule has 1 aliphatic rings. The van der Waals surface area contributed by atoms with Crippen LogP contribution in [0.15, 0.2) is 53.7 Å². The molecule has 1 saturated carbocycles. The van der Waals surface area contributed by atoms with Crippen LogP contribution in [0.25, 0.3) is 16.5 Å².